The van der Waals surface area contributed by atoms with E-state index in [-0.39, 0.29) is 42.3 Å². The van der Waals surface area contributed by atoms with Crippen LogP contribution in [0.5, 0.6) is 23.0 Å². The van der Waals surface area contributed by atoms with Crippen molar-refractivity contribution in [2.45, 2.75) is 102 Å². The van der Waals surface area contributed by atoms with Gasteiger partial charge in [0.1, 0.15) is 53.9 Å². The molecule has 2 atom stereocenters. The minimum atomic E-state index is -4.19. The molecule has 0 radical (unpaired) electrons. The third-order valence-electron chi connectivity index (χ3n) is 14.4. The first-order chi connectivity index (χ1) is 38.5. The lowest BCUT2D eigenvalue weighted by Crippen LogP contribution is -2.53. The zero-order chi connectivity index (χ0) is 57.0. The normalized spacial score (nSPS) is 14.4. The summed E-state index contributed by atoms with van der Waals surface area (Å²) < 4.78 is 60.5. The van der Waals surface area contributed by atoms with E-state index in [1.165, 1.54) is 7.11 Å². The Balaban J connectivity index is 1.03. The number of ether oxygens (including phenoxy) is 5. The lowest BCUT2D eigenvalue weighted by atomic mass is 9.86. The van der Waals surface area contributed by atoms with Crippen molar-refractivity contribution in [3.05, 3.63) is 172 Å². The van der Waals surface area contributed by atoms with Crippen LogP contribution in [0.25, 0.3) is 34.1 Å². The molecular formula is C64H71N5O10S. The third-order valence-corrected chi connectivity index (χ3v) is 16.0. The number of methoxy groups -OCH3 is 1. The number of allylic oxidation sites excluding steroid dienone is 1. The molecule has 0 saturated heterocycles. The summed E-state index contributed by atoms with van der Waals surface area (Å²) in [6.07, 6.45) is 13.1. The average molecular weight is 1100 g/mol. The highest BCUT2D eigenvalue weighted by molar-refractivity contribution is 7.90. The first-order valence-electron chi connectivity index (χ1n) is 26.9. The molecule has 0 bridgehead atoms. The van der Waals surface area contributed by atoms with Gasteiger partial charge in [-0.2, -0.15) is 0 Å². The second kappa shape index (κ2) is 26.1. The molecule has 0 spiro atoms. The quantitative estimate of drug-likeness (QED) is 0.0156. The predicted octanol–water partition coefficient (Wildman–Crippen LogP) is 9.99. The molecule has 5 N–H and O–H groups in total. The molecule has 15 nitrogen and oxygen atoms in total. The Kier molecular flexibility index (Phi) is 18.8. The SMILES string of the molecule is C=CCOc1ccc(C[C@H](NC(=O)[C@@H](CCCN=C(N)NS(=O)(=O)c2c(C)c(C)c3c(c2C)CCC(C)(C)O3)NC(=O)COc2ccc3ccccc3c2-c2c(OC/C=C/c3ccccc3)ccc3c2CCC=C3)C(=O)OC)cc1. The van der Waals surface area contributed by atoms with Crippen molar-refractivity contribution in [2.75, 3.05) is 33.5 Å². The van der Waals surface area contributed by atoms with Crippen LogP contribution in [0.2, 0.25) is 0 Å². The van der Waals surface area contributed by atoms with E-state index in [1.807, 2.05) is 106 Å². The second-order valence-corrected chi connectivity index (χ2v) is 22.2. The van der Waals surface area contributed by atoms with Gasteiger partial charge in [-0.05, 0) is 159 Å². The summed E-state index contributed by atoms with van der Waals surface area (Å²) in [5.41, 5.74) is 14.1. The monoisotopic (exact) mass is 1100 g/mol. The molecule has 0 fully saturated rings. The van der Waals surface area contributed by atoms with E-state index >= 15 is 0 Å². The Morgan fingerprint density at radius 1 is 0.812 bits per heavy atom. The lowest BCUT2D eigenvalue weighted by Gasteiger charge is -2.35. The van der Waals surface area contributed by atoms with E-state index in [1.54, 1.807) is 44.2 Å². The standard InChI is InChI=1S/C64H71N5O10S/c1-8-37-76-48-30-26-45(27-31-48)39-53(62(72)75-7)68-61(71)52(25-16-36-66-63(65)69-80(73,74)60-42(3)41(2)59-49(43(60)4)34-35-64(5,6)79-59)67-56(70)40-78-55-33-29-47-22-13-15-24-51(47)58(55)57-50-23-14-12-21-46(50)28-32-54(57)77-38-17-20-44-18-10-9-11-19-44/h8-13,15,17-22,24,26-33,52-53H,1,14,16,23,25,34-40H2,2-7H3,(H,67,70)(H,68,71)(H3,65,66,69)/b20-17+/t52-,53+/m1/s1. The molecule has 80 heavy (non-hydrogen) atoms. The molecule has 6 aromatic rings. The van der Waals surface area contributed by atoms with Gasteiger partial charge >= 0.3 is 5.97 Å². The van der Waals surface area contributed by atoms with Gasteiger partial charge in [0.15, 0.2) is 6.61 Å². The fourth-order valence-electron chi connectivity index (χ4n) is 10.3. The summed E-state index contributed by atoms with van der Waals surface area (Å²) >= 11 is 0. The Bertz CT molecular complexity index is 3460. The van der Waals surface area contributed by atoms with Gasteiger partial charge in [-0.1, -0.05) is 110 Å². The highest BCUT2D eigenvalue weighted by atomic mass is 32.2. The van der Waals surface area contributed by atoms with Crippen molar-refractivity contribution in [1.82, 2.24) is 15.4 Å². The van der Waals surface area contributed by atoms with Crippen LogP contribution in [0, 0.1) is 20.8 Å². The van der Waals surface area contributed by atoms with Crippen molar-refractivity contribution < 1.29 is 46.5 Å². The number of sulfonamides is 1. The fraction of sp³-hybridized carbons (Fsp3) is 0.312. The number of hydrogen-bond acceptors (Lipinski definition) is 11. The molecule has 2 amide bonds. The largest absolute Gasteiger partial charge is 0.490 e. The van der Waals surface area contributed by atoms with Gasteiger partial charge in [0.05, 0.1) is 12.0 Å². The van der Waals surface area contributed by atoms with Crippen molar-refractivity contribution in [2.24, 2.45) is 10.7 Å². The summed E-state index contributed by atoms with van der Waals surface area (Å²) in [6.45, 7) is 13.2. The van der Waals surface area contributed by atoms with E-state index in [2.05, 4.69) is 45.1 Å². The van der Waals surface area contributed by atoms with Crippen LogP contribution in [0.3, 0.4) is 0 Å². The maximum atomic E-state index is 14.4. The maximum Gasteiger partial charge on any atom is 0.328 e. The number of fused-ring (bicyclic) bond motifs is 3. The first kappa shape index (κ1) is 57.8. The van der Waals surface area contributed by atoms with Crippen LogP contribution >= 0.6 is 0 Å². The zero-order valence-electron chi connectivity index (χ0n) is 46.4. The Hall–Kier alpha value is -8.37. The summed E-state index contributed by atoms with van der Waals surface area (Å²) in [5, 5.41) is 7.50. The highest BCUT2D eigenvalue weighted by Gasteiger charge is 2.34. The molecular weight excluding hydrogens is 1030 g/mol. The number of hydrogen-bond donors (Lipinski definition) is 4. The van der Waals surface area contributed by atoms with E-state index in [4.69, 9.17) is 29.4 Å². The molecule has 0 unspecified atom stereocenters. The van der Waals surface area contributed by atoms with Gasteiger partial charge in [0.25, 0.3) is 15.9 Å². The number of amides is 2. The molecule has 16 heteroatoms. The number of nitrogens with one attached hydrogen (secondary N) is 3. The van der Waals surface area contributed by atoms with E-state index < -0.39 is 46.5 Å². The first-order valence-corrected chi connectivity index (χ1v) is 28.4. The second-order valence-electron chi connectivity index (χ2n) is 20.6. The lowest BCUT2D eigenvalue weighted by molar-refractivity contribution is -0.145. The smallest absolute Gasteiger partial charge is 0.328 e. The van der Waals surface area contributed by atoms with E-state index in [0.717, 1.165) is 69.0 Å². The van der Waals surface area contributed by atoms with Crippen LogP contribution in [-0.2, 0) is 48.4 Å². The zero-order valence-corrected chi connectivity index (χ0v) is 47.2. The van der Waals surface area contributed by atoms with Crippen molar-refractivity contribution in [1.29, 1.82) is 0 Å². The van der Waals surface area contributed by atoms with Crippen molar-refractivity contribution in [3.8, 4) is 34.1 Å². The number of carbonyl (C=O) groups is 3. The highest BCUT2D eigenvalue weighted by Crippen LogP contribution is 2.46. The number of aliphatic imine (C=N–C) groups is 1. The summed E-state index contributed by atoms with van der Waals surface area (Å²) in [7, 11) is -2.97. The molecule has 1 aliphatic carbocycles. The summed E-state index contributed by atoms with van der Waals surface area (Å²) in [5.74, 6) is 0.0642. The number of guanidine groups is 1. The number of benzene rings is 6. The predicted molar refractivity (Wildman–Crippen MR) is 315 cm³/mol. The molecule has 6 aromatic carbocycles. The van der Waals surface area contributed by atoms with E-state index in [9.17, 15) is 22.8 Å². The average Bonchev–Trinajstić information content (AvgIpc) is 3.63. The van der Waals surface area contributed by atoms with Crippen LogP contribution in [0.15, 0.2) is 138 Å². The van der Waals surface area contributed by atoms with Crippen LogP contribution in [0.4, 0.5) is 0 Å². The van der Waals surface area contributed by atoms with E-state index in [0.29, 0.717) is 59.3 Å². The van der Waals surface area contributed by atoms with Gasteiger partial charge in [0, 0.05) is 24.1 Å². The molecule has 418 valence electrons. The van der Waals surface area contributed by atoms with Gasteiger partial charge < -0.3 is 40.1 Å². The van der Waals surface area contributed by atoms with Crippen LogP contribution in [0.1, 0.15) is 84.0 Å². The molecule has 0 aromatic heterocycles. The van der Waals surface area contributed by atoms with Gasteiger partial charge in [-0.15, -0.1) is 0 Å². The number of esters is 1. The van der Waals surface area contributed by atoms with Gasteiger partial charge in [-0.25, -0.2) is 17.9 Å². The number of nitrogens with zero attached hydrogens (tertiary/aromatic N) is 1. The molecule has 1 aliphatic heterocycles. The van der Waals surface area contributed by atoms with Crippen molar-refractivity contribution >= 4 is 56.7 Å². The Labute approximate surface area is 469 Å². The molecule has 8 rings (SSSR count). The summed E-state index contributed by atoms with van der Waals surface area (Å²) in [4.78, 5) is 46.4. The topological polar surface area (TPSA) is 206 Å². The minimum Gasteiger partial charge on any atom is -0.490 e. The summed E-state index contributed by atoms with van der Waals surface area (Å²) in [6, 6.07) is 30.5. The van der Waals surface area contributed by atoms with Gasteiger partial charge in [-0.3, -0.25) is 14.6 Å². The molecule has 1 heterocycles. The maximum absolute atomic E-state index is 14.4. The fourth-order valence-corrected chi connectivity index (χ4v) is 11.8. The Morgan fingerprint density at radius 2 is 1.55 bits per heavy atom. The Morgan fingerprint density at radius 3 is 2.31 bits per heavy atom. The van der Waals surface area contributed by atoms with Crippen LogP contribution < -0.4 is 40.0 Å². The number of rotatable bonds is 23. The molecule has 2 aliphatic rings. The van der Waals surface area contributed by atoms with Crippen molar-refractivity contribution in [3.63, 3.8) is 0 Å². The number of nitrogens with two attached hydrogens (primary N) is 1. The molecule has 0 saturated carbocycles. The van der Waals surface area contributed by atoms with Crippen LogP contribution in [-0.4, -0.2) is 83.3 Å². The minimum absolute atomic E-state index is 0.00717. The number of carbonyl (C=O) groups excluding carboxylic acids is 3. The third kappa shape index (κ3) is 14.1. The van der Waals surface area contributed by atoms with Gasteiger partial charge in [0.2, 0.25) is 11.9 Å².